The zero-order chi connectivity index (χ0) is 31.6. The molecule has 240 valence electrons. The fraction of sp³-hybridized carbons (Fsp3) is 0.324. The number of H-pyrrole nitrogens is 2. The first-order chi connectivity index (χ1) is 23.2. The third-order valence-corrected chi connectivity index (χ3v) is 9.25. The molecule has 0 bridgehead atoms. The number of pyridine rings is 1. The van der Waals surface area contributed by atoms with Crippen molar-refractivity contribution < 1.29 is 13.9 Å². The van der Waals surface area contributed by atoms with Crippen molar-refractivity contribution >= 4 is 21.9 Å². The van der Waals surface area contributed by atoms with Gasteiger partial charge in [0.05, 0.1) is 16.7 Å². The lowest BCUT2D eigenvalue weighted by atomic mass is 10.0. The smallest absolute Gasteiger partial charge is 0.159 e. The molecule has 6 aromatic rings. The van der Waals surface area contributed by atoms with E-state index in [0.29, 0.717) is 47.3 Å². The molecule has 0 unspecified atom stereocenters. The summed E-state index contributed by atoms with van der Waals surface area (Å²) < 4.78 is 26.9. The second-order valence-corrected chi connectivity index (χ2v) is 12.5. The van der Waals surface area contributed by atoms with Crippen LogP contribution in [0.4, 0.5) is 4.39 Å². The van der Waals surface area contributed by atoms with E-state index in [1.54, 1.807) is 6.20 Å². The highest BCUT2D eigenvalue weighted by molar-refractivity contribution is 5.97. The molecule has 0 aliphatic carbocycles. The van der Waals surface area contributed by atoms with Gasteiger partial charge in [0.2, 0.25) is 0 Å². The van der Waals surface area contributed by atoms with Crippen LogP contribution in [0.1, 0.15) is 25.7 Å². The lowest BCUT2D eigenvalue weighted by Gasteiger charge is -2.15. The summed E-state index contributed by atoms with van der Waals surface area (Å²) in [5.74, 6) is 1.58. The molecule has 10 heteroatoms. The van der Waals surface area contributed by atoms with Gasteiger partial charge in [0.25, 0.3) is 0 Å². The Morgan fingerprint density at radius 1 is 0.702 bits per heavy atom. The highest BCUT2D eigenvalue weighted by Crippen LogP contribution is 2.34. The van der Waals surface area contributed by atoms with Crippen molar-refractivity contribution in [3.8, 4) is 45.4 Å². The Balaban J connectivity index is 1.05. The molecule has 0 radical (unpaired) electrons. The van der Waals surface area contributed by atoms with Crippen molar-refractivity contribution in [3.05, 3.63) is 78.7 Å². The zero-order valence-electron chi connectivity index (χ0n) is 26.3. The van der Waals surface area contributed by atoms with E-state index >= 15 is 0 Å². The van der Waals surface area contributed by atoms with E-state index < -0.39 is 0 Å². The molecule has 2 aliphatic heterocycles. The Bertz CT molecular complexity index is 2010. The number of nitrogens with zero attached hydrogens (tertiary/aromatic N) is 5. The minimum Gasteiger partial charge on any atom is -0.492 e. The number of likely N-dealkylation sites (tertiary alicyclic amines) is 2. The third-order valence-electron chi connectivity index (χ3n) is 9.25. The van der Waals surface area contributed by atoms with Gasteiger partial charge < -0.3 is 14.5 Å². The van der Waals surface area contributed by atoms with E-state index in [4.69, 9.17) is 14.5 Å². The van der Waals surface area contributed by atoms with Gasteiger partial charge in [-0.25, -0.2) is 9.37 Å². The van der Waals surface area contributed by atoms with Crippen LogP contribution in [0.2, 0.25) is 0 Å². The minimum absolute atomic E-state index is 0.375. The Kier molecular flexibility index (Phi) is 8.27. The van der Waals surface area contributed by atoms with Gasteiger partial charge in [-0.2, -0.15) is 5.10 Å². The van der Waals surface area contributed by atoms with Gasteiger partial charge in [0.1, 0.15) is 41.7 Å². The van der Waals surface area contributed by atoms with Crippen LogP contribution in [-0.2, 0) is 0 Å². The summed E-state index contributed by atoms with van der Waals surface area (Å²) in [4.78, 5) is 17.8. The largest absolute Gasteiger partial charge is 0.492 e. The standard InChI is InChI=1S/C37H38FN7O2/c38-28-20-27(22-30(24-28)47-19-17-45-14-3-4-15-45)34-36-33(10-11-39-34)40-37(41-36)35-31-23-26(8-9-32(31)42-43-35)25-6-5-7-29(21-25)46-18-16-44-12-1-2-13-44/h5-11,20-24H,1-4,12-19H2,(H,40,41)(H,42,43). The van der Waals surface area contributed by atoms with Gasteiger partial charge in [-0.05, 0) is 105 Å². The van der Waals surface area contributed by atoms with E-state index in [1.165, 1.54) is 50.9 Å². The molecule has 3 aromatic heterocycles. The normalized spacial score (nSPS) is 15.7. The number of hydrogen-bond donors (Lipinski definition) is 2. The van der Waals surface area contributed by atoms with Crippen LogP contribution in [0.3, 0.4) is 0 Å². The highest BCUT2D eigenvalue weighted by atomic mass is 19.1. The van der Waals surface area contributed by atoms with Gasteiger partial charge in [0.15, 0.2) is 5.82 Å². The maximum atomic E-state index is 14.8. The number of rotatable bonds is 11. The molecule has 0 saturated carbocycles. The molecule has 2 aliphatic rings. The molecular weight excluding hydrogens is 593 g/mol. The Labute approximate surface area is 272 Å². The van der Waals surface area contributed by atoms with E-state index in [9.17, 15) is 4.39 Å². The molecule has 5 heterocycles. The molecule has 0 amide bonds. The first-order valence-corrected chi connectivity index (χ1v) is 16.6. The van der Waals surface area contributed by atoms with E-state index in [-0.39, 0.29) is 5.82 Å². The predicted octanol–water partition coefficient (Wildman–Crippen LogP) is 6.92. The van der Waals surface area contributed by atoms with Crippen molar-refractivity contribution in [3.63, 3.8) is 0 Å². The summed E-state index contributed by atoms with van der Waals surface area (Å²) in [6.45, 7) is 7.50. The number of benzene rings is 3. The van der Waals surface area contributed by atoms with Crippen LogP contribution in [0.15, 0.2) is 72.9 Å². The summed E-state index contributed by atoms with van der Waals surface area (Å²) in [7, 11) is 0. The summed E-state index contributed by atoms with van der Waals surface area (Å²) in [5, 5.41) is 8.73. The van der Waals surface area contributed by atoms with Gasteiger partial charge in [-0.3, -0.25) is 19.9 Å². The molecule has 9 nitrogen and oxygen atoms in total. The van der Waals surface area contributed by atoms with Crippen LogP contribution in [-0.4, -0.2) is 87.4 Å². The minimum atomic E-state index is -0.375. The molecule has 2 saturated heterocycles. The van der Waals surface area contributed by atoms with Crippen molar-refractivity contribution in [2.45, 2.75) is 25.7 Å². The average Bonchev–Trinajstić information content (AvgIpc) is 3.91. The molecule has 2 N–H and O–H groups in total. The second-order valence-electron chi connectivity index (χ2n) is 12.5. The lowest BCUT2D eigenvalue weighted by Crippen LogP contribution is -2.25. The molecule has 0 atom stereocenters. The zero-order valence-corrected chi connectivity index (χ0v) is 26.3. The van der Waals surface area contributed by atoms with E-state index in [1.807, 2.05) is 30.3 Å². The molecule has 8 rings (SSSR count). The molecule has 47 heavy (non-hydrogen) atoms. The SMILES string of the molecule is Fc1cc(OCCN2CCCC2)cc(-c2nccc3[nH]c(-c4n[nH]c5ccc(-c6cccc(OCCN7CCCC7)c6)cc45)nc23)c1. The van der Waals surface area contributed by atoms with Crippen LogP contribution >= 0.6 is 0 Å². The predicted molar refractivity (Wildman–Crippen MR) is 182 cm³/mol. The lowest BCUT2D eigenvalue weighted by molar-refractivity contribution is 0.237. The van der Waals surface area contributed by atoms with E-state index in [2.05, 4.69) is 54.2 Å². The van der Waals surface area contributed by atoms with Crippen molar-refractivity contribution in [2.24, 2.45) is 0 Å². The number of aromatic nitrogens is 5. The van der Waals surface area contributed by atoms with E-state index in [0.717, 1.165) is 59.5 Å². The molecule has 0 spiro atoms. The van der Waals surface area contributed by atoms with Gasteiger partial charge in [-0.1, -0.05) is 18.2 Å². The maximum Gasteiger partial charge on any atom is 0.159 e. The number of aromatic amines is 2. The Morgan fingerprint density at radius 3 is 2.21 bits per heavy atom. The van der Waals surface area contributed by atoms with Crippen LogP contribution in [0.25, 0.3) is 55.8 Å². The van der Waals surface area contributed by atoms with Crippen molar-refractivity contribution in [1.29, 1.82) is 0 Å². The monoisotopic (exact) mass is 631 g/mol. The topological polar surface area (TPSA) is 95.2 Å². The number of hydrogen-bond acceptors (Lipinski definition) is 7. The fourth-order valence-electron chi connectivity index (χ4n) is 6.78. The van der Waals surface area contributed by atoms with Crippen LogP contribution in [0.5, 0.6) is 11.5 Å². The summed E-state index contributed by atoms with van der Waals surface area (Å²) in [6.07, 6.45) is 6.72. The highest BCUT2D eigenvalue weighted by Gasteiger charge is 2.18. The summed E-state index contributed by atoms with van der Waals surface area (Å²) >= 11 is 0. The summed E-state index contributed by atoms with van der Waals surface area (Å²) in [6, 6.07) is 21.1. The average molecular weight is 632 g/mol. The number of ether oxygens (including phenoxy) is 2. The Morgan fingerprint density at radius 2 is 1.43 bits per heavy atom. The summed E-state index contributed by atoms with van der Waals surface area (Å²) in [5.41, 5.74) is 6.35. The first kappa shape index (κ1) is 29.6. The molecular formula is C37H38FN7O2. The Hall–Kier alpha value is -4.80. The quantitative estimate of drug-likeness (QED) is 0.160. The van der Waals surface area contributed by atoms with Crippen molar-refractivity contribution in [1.82, 2.24) is 34.9 Å². The second kappa shape index (κ2) is 13.1. The number of imidazole rings is 1. The van der Waals surface area contributed by atoms with Gasteiger partial charge in [-0.15, -0.1) is 0 Å². The molecule has 2 fully saturated rings. The fourth-order valence-corrected chi connectivity index (χ4v) is 6.78. The number of nitrogens with one attached hydrogen (secondary N) is 2. The first-order valence-electron chi connectivity index (χ1n) is 16.6. The number of fused-ring (bicyclic) bond motifs is 2. The third kappa shape index (κ3) is 6.43. The van der Waals surface area contributed by atoms with Crippen LogP contribution < -0.4 is 9.47 Å². The van der Waals surface area contributed by atoms with Crippen molar-refractivity contribution in [2.75, 3.05) is 52.5 Å². The molecule has 3 aromatic carbocycles. The number of halogens is 1. The van der Waals surface area contributed by atoms with Gasteiger partial charge in [0, 0.05) is 36.3 Å². The maximum absolute atomic E-state index is 14.8. The van der Waals surface area contributed by atoms with Gasteiger partial charge >= 0.3 is 0 Å². The van der Waals surface area contributed by atoms with Crippen LogP contribution in [0, 0.1) is 5.82 Å².